The van der Waals surface area contributed by atoms with Gasteiger partial charge in [-0.15, -0.1) is 0 Å². The zero-order valence-corrected chi connectivity index (χ0v) is 17.4. The fraction of sp³-hybridized carbons (Fsp3) is 0.941. The van der Waals surface area contributed by atoms with E-state index in [2.05, 4.69) is 27.4 Å². The molecule has 0 aromatic heterocycles. The molecule has 2 heterocycles. The molecule has 164 valence electrons. The van der Waals surface area contributed by atoms with E-state index in [-0.39, 0.29) is 19.0 Å². The van der Waals surface area contributed by atoms with Crippen LogP contribution >= 0.6 is 0 Å². The Hall–Kier alpha value is -1.07. The van der Waals surface area contributed by atoms with Crippen LogP contribution in [-0.2, 0) is 10.0 Å². The molecule has 0 bridgehead atoms. The van der Waals surface area contributed by atoms with E-state index >= 15 is 0 Å². The van der Waals surface area contributed by atoms with E-state index in [1.165, 1.54) is 0 Å². The molecule has 0 radical (unpaired) electrons. The first kappa shape index (κ1) is 23.2. The predicted octanol–water partition coefficient (Wildman–Crippen LogP) is 1.44. The third-order valence-electron chi connectivity index (χ3n) is 5.43. The minimum absolute atomic E-state index is 0.100. The zero-order chi connectivity index (χ0) is 20.8. The Bertz CT molecular complexity index is 619. The second-order valence-electron chi connectivity index (χ2n) is 7.44. The molecule has 0 aromatic carbocycles. The predicted molar refractivity (Wildman–Crippen MR) is 103 cm³/mol. The molecule has 7 nitrogen and oxygen atoms in total. The first-order valence-electron chi connectivity index (χ1n) is 9.98. The highest BCUT2D eigenvalue weighted by Gasteiger charge is 2.50. The molecule has 11 heteroatoms. The highest BCUT2D eigenvalue weighted by atomic mass is 32.2. The number of nitrogens with one attached hydrogen (secondary N) is 2. The maximum absolute atomic E-state index is 12.6. The van der Waals surface area contributed by atoms with E-state index in [9.17, 15) is 21.6 Å². The van der Waals surface area contributed by atoms with Gasteiger partial charge in [0.2, 0.25) is 0 Å². The number of alkyl halides is 3. The van der Waals surface area contributed by atoms with Crippen LogP contribution in [-0.4, -0.2) is 81.4 Å². The number of likely N-dealkylation sites (tertiary alicyclic amines) is 1. The van der Waals surface area contributed by atoms with Crippen LogP contribution in [0.25, 0.3) is 0 Å². The quantitative estimate of drug-likeness (QED) is 0.475. The molecule has 1 unspecified atom stereocenters. The maximum atomic E-state index is 12.6. The first-order chi connectivity index (χ1) is 13.2. The summed E-state index contributed by atoms with van der Waals surface area (Å²) in [5.41, 5.74) is -5.23. The van der Waals surface area contributed by atoms with Gasteiger partial charge < -0.3 is 15.5 Å². The topological polar surface area (TPSA) is 77.0 Å². The van der Waals surface area contributed by atoms with E-state index < -0.39 is 15.5 Å². The monoisotopic (exact) mass is 427 g/mol. The van der Waals surface area contributed by atoms with Crippen molar-refractivity contribution < 1.29 is 21.6 Å². The normalized spacial score (nSPS) is 23.9. The highest BCUT2D eigenvalue weighted by molar-refractivity contribution is 7.90. The molecule has 2 aliphatic heterocycles. The minimum Gasteiger partial charge on any atom is -0.357 e. The van der Waals surface area contributed by atoms with Crippen LogP contribution in [0.5, 0.6) is 0 Å². The summed E-state index contributed by atoms with van der Waals surface area (Å²) in [6, 6.07) is 0. The van der Waals surface area contributed by atoms with Gasteiger partial charge in [-0.05, 0) is 51.1 Å². The molecule has 0 aromatic rings. The Morgan fingerprint density at radius 2 is 1.71 bits per heavy atom. The highest BCUT2D eigenvalue weighted by Crippen LogP contribution is 2.30. The second kappa shape index (κ2) is 10.1. The van der Waals surface area contributed by atoms with Gasteiger partial charge in [0.1, 0.15) is 0 Å². The largest absolute Gasteiger partial charge is 0.511 e. The van der Waals surface area contributed by atoms with Crippen LogP contribution in [0.1, 0.15) is 33.1 Å². The molecule has 2 saturated heterocycles. The Balaban J connectivity index is 1.79. The Labute approximate surface area is 165 Å². The number of hydrogen-bond donors (Lipinski definition) is 2. The van der Waals surface area contributed by atoms with Gasteiger partial charge in [-0.25, -0.2) is 8.42 Å². The van der Waals surface area contributed by atoms with Crippen LogP contribution in [0.15, 0.2) is 4.99 Å². The Morgan fingerprint density at radius 3 is 2.25 bits per heavy atom. The number of halogens is 3. The maximum Gasteiger partial charge on any atom is 0.511 e. The molecule has 2 rings (SSSR count). The molecule has 1 atom stereocenters. The Kier molecular flexibility index (Phi) is 8.38. The van der Waals surface area contributed by atoms with Gasteiger partial charge in [-0.3, -0.25) is 4.99 Å². The van der Waals surface area contributed by atoms with Gasteiger partial charge in [-0.2, -0.15) is 17.5 Å². The Morgan fingerprint density at radius 1 is 1.07 bits per heavy atom. The first-order valence-corrected chi connectivity index (χ1v) is 11.4. The lowest BCUT2D eigenvalue weighted by Crippen LogP contribution is -2.47. The lowest BCUT2D eigenvalue weighted by atomic mass is 9.98. The van der Waals surface area contributed by atoms with E-state index in [1.54, 1.807) is 0 Å². The van der Waals surface area contributed by atoms with Crippen molar-refractivity contribution in [1.29, 1.82) is 0 Å². The molecule has 0 aliphatic carbocycles. The lowest BCUT2D eigenvalue weighted by molar-refractivity contribution is -0.0496. The summed E-state index contributed by atoms with van der Waals surface area (Å²) in [4.78, 5) is 7.05. The molecule has 0 amide bonds. The van der Waals surface area contributed by atoms with E-state index in [0.717, 1.165) is 39.1 Å². The van der Waals surface area contributed by atoms with Crippen LogP contribution < -0.4 is 10.6 Å². The van der Waals surface area contributed by atoms with Crippen molar-refractivity contribution in [3.63, 3.8) is 0 Å². The van der Waals surface area contributed by atoms with E-state index in [4.69, 9.17) is 0 Å². The van der Waals surface area contributed by atoms with Gasteiger partial charge in [0.05, 0.1) is 0 Å². The van der Waals surface area contributed by atoms with Crippen molar-refractivity contribution in [3.05, 3.63) is 0 Å². The summed E-state index contributed by atoms with van der Waals surface area (Å²) in [7, 11) is -5.21. The van der Waals surface area contributed by atoms with E-state index in [1.807, 2.05) is 6.92 Å². The average molecular weight is 428 g/mol. The van der Waals surface area contributed by atoms with Crippen LogP contribution in [0.2, 0.25) is 0 Å². The van der Waals surface area contributed by atoms with E-state index in [0.29, 0.717) is 35.6 Å². The third-order valence-corrected chi connectivity index (χ3v) is 7.06. The summed E-state index contributed by atoms with van der Waals surface area (Å²) in [6.07, 6.45) is 1.94. The van der Waals surface area contributed by atoms with Gasteiger partial charge in [-0.1, -0.05) is 6.92 Å². The van der Waals surface area contributed by atoms with Crippen LogP contribution in [0, 0.1) is 11.8 Å². The third kappa shape index (κ3) is 6.21. The number of nitrogens with zero attached hydrogens (tertiary/aromatic N) is 3. The molecule has 28 heavy (non-hydrogen) atoms. The molecule has 2 fully saturated rings. The fourth-order valence-electron chi connectivity index (χ4n) is 3.65. The summed E-state index contributed by atoms with van der Waals surface area (Å²) in [5.74, 6) is 1.37. The summed E-state index contributed by atoms with van der Waals surface area (Å²) >= 11 is 0. The lowest BCUT2D eigenvalue weighted by Gasteiger charge is -2.31. The van der Waals surface area contributed by atoms with Crippen LogP contribution in [0.3, 0.4) is 0 Å². The van der Waals surface area contributed by atoms with Gasteiger partial charge in [0, 0.05) is 39.3 Å². The van der Waals surface area contributed by atoms with Crippen molar-refractivity contribution in [1.82, 2.24) is 19.8 Å². The molecule has 0 spiro atoms. The molecule has 2 aliphatic rings. The number of piperidine rings is 1. The van der Waals surface area contributed by atoms with Crippen molar-refractivity contribution >= 4 is 16.0 Å². The van der Waals surface area contributed by atoms with Crippen molar-refractivity contribution in [2.75, 3.05) is 52.4 Å². The smallest absolute Gasteiger partial charge is 0.357 e. The molecular formula is C17H32F3N5O2S. The SMILES string of the molecule is CCNC(=NCC1CCN(CC)C1)NCC1CCN(S(=O)(=O)C(F)(F)F)CC1. The molecule has 2 N–H and O–H groups in total. The summed E-state index contributed by atoms with van der Waals surface area (Å²) in [5, 5.41) is 6.45. The summed E-state index contributed by atoms with van der Waals surface area (Å²) in [6.45, 7) is 9.19. The van der Waals surface area contributed by atoms with Crippen molar-refractivity contribution in [2.45, 2.75) is 38.6 Å². The molecule has 0 saturated carbocycles. The van der Waals surface area contributed by atoms with Crippen LogP contribution in [0.4, 0.5) is 13.2 Å². The minimum atomic E-state index is -5.23. The second-order valence-corrected chi connectivity index (χ2v) is 9.37. The number of rotatable bonds is 7. The zero-order valence-electron chi connectivity index (χ0n) is 16.6. The number of aliphatic imine (C=N–C) groups is 1. The number of guanidine groups is 1. The fourth-order valence-corrected chi connectivity index (χ4v) is 4.64. The molecular weight excluding hydrogens is 395 g/mol. The van der Waals surface area contributed by atoms with Gasteiger partial charge in [0.15, 0.2) is 5.96 Å². The average Bonchev–Trinajstić information content (AvgIpc) is 3.11. The standard InChI is InChI=1S/C17H32F3N5O2S/c1-3-21-16(23-12-15-5-8-24(4-2)13-15)22-11-14-6-9-25(10-7-14)28(26,27)17(18,19)20/h14-15H,3-13H2,1-2H3,(H2,21,22,23). The van der Waals surface area contributed by atoms with Gasteiger partial charge >= 0.3 is 15.5 Å². The summed E-state index contributed by atoms with van der Waals surface area (Å²) < 4.78 is 61.4. The van der Waals surface area contributed by atoms with Crippen molar-refractivity contribution in [2.24, 2.45) is 16.8 Å². The number of sulfonamides is 1. The van der Waals surface area contributed by atoms with Gasteiger partial charge in [0.25, 0.3) is 0 Å². The van der Waals surface area contributed by atoms with Crippen molar-refractivity contribution in [3.8, 4) is 0 Å². The number of hydrogen-bond acceptors (Lipinski definition) is 4.